The Bertz CT molecular complexity index is 327. The molecule has 1 nitrogen and oxygen atoms in total. The van der Waals surface area contributed by atoms with Gasteiger partial charge in [-0.3, -0.25) is 0 Å². The van der Waals surface area contributed by atoms with E-state index in [9.17, 15) is 5.11 Å². The summed E-state index contributed by atoms with van der Waals surface area (Å²) in [6.45, 7) is 0. The topological polar surface area (TPSA) is 20.2 Å². The molecular formula is C10H10BrClO. The zero-order chi connectivity index (χ0) is 9.42. The maximum Gasteiger partial charge on any atom is 0.0917 e. The molecule has 13 heavy (non-hydrogen) atoms. The van der Waals surface area contributed by atoms with E-state index >= 15 is 0 Å². The molecule has 0 aromatic heterocycles. The number of fused-ring (bicyclic) bond motifs is 1. The number of aryl methyl sites for hydroxylation is 1. The van der Waals surface area contributed by atoms with E-state index in [2.05, 4.69) is 15.9 Å². The van der Waals surface area contributed by atoms with Gasteiger partial charge in [0.05, 0.1) is 6.10 Å². The summed E-state index contributed by atoms with van der Waals surface area (Å²) in [5.41, 5.74) is 2.19. The van der Waals surface area contributed by atoms with Crippen molar-refractivity contribution >= 4 is 27.5 Å². The third-order valence-corrected chi connectivity index (χ3v) is 3.65. The van der Waals surface area contributed by atoms with Gasteiger partial charge >= 0.3 is 0 Å². The molecule has 0 saturated carbocycles. The fourth-order valence-electron chi connectivity index (χ4n) is 1.73. The molecule has 0 aliphatic heterocycles. The highest BCUT2D eigenvalue weighted by molar-refractivity contribution is 9.09. The summed E-state index contributed by atoms with van der Waals surface area (Å²) in [6, 6.07) is 5.68. The molecule has 0 radical (unpaired) electrons. The zero-order valence-electron chi connectivity index (χ0n) is 7.00. The van der Waals surface area contributed by atoms with E-state index in [-0.39, 0.29) is 10.9 Å². The standard InChI is InChI=1S/C10H10BrClO/c11-9-4-1-6-5-7(12)2-3-8(6)10(9)13/h2-3,5,9-10,13H,1,4H2. The molecular weight excluding hydrogens is 251 g/mol. The van der Waals surface area contributed by atoms with E-state index in [1.807, 2.05) is 18.2 Å². The Kier molecular flexibility index (Phi) is 2.63. The quantitative estimate of drug-likeness (QED) is 0.712. The van der Waals surface area contributed by atoms with Crippen molar-refractivity contribution in [2.45, 2.75) is 23.8 Å². The van der Waals surface area contributed by atoms with Gasteiger partial charge in [-0.1, -0.05) is 33.6 Å². The summed E-state index contributed by atoms with van der Waals surface area (Å²) >= 11 is 9.33. The Morgan fingerprint density at radius 3 is 3.00 bits per heavy atom. The summed E-state index contributed by atoms with van der Waals surface area (Å²) in [7, 11) is 0. The average molecular weight is 262 g/mol. The molecule has 2 atom stereocenters. The van der Waals surface area contributed by atoms with Crippen LogP contribution in [0.3, 0.4) is 0 Å². The van der Waals surface area contributed by atoms with Gasteiger partial charge in [0.15, 0.2) is 0 Å². The molecule has 2 rings (SSSR count). The second kappa shape index (κ2) is 3.60. The van der Waals surface area contributed by atoms with Crippen LogP contribution in [0.1, 0.15) is 23.7 Å². The van der Waals surface area contributed by atoms with E-state index in [1.165, 1.54) is 5.56 Å². The van der Waals surface area contributed by atoms with E-state index in [0.717, 1.165) is 23.4 Å². The molecule has 1 aliphatic rings. The summed E-state index contributed by atoms with van der Waals surface area (Å²) in [6.07, 6.45) is 1.57. The number of hydrogen-bond acceptors (Lipinski definition) is 1. The first-order chi connectivity index (χ1) is 6.18. The summed E-state index contributed by atoms with van der Waals surface area (Å²) in [4.78, 5) is 0.182. The van der Waals surface area contributed by atoms with Crippen LogP contribution in [0.5, 0.6) is 0 Å². The molecule has 70 valence electrons. The van der Waals surface area contributed by atoms with Crippen molar-refractivity contribution in [2.24, 2.45) is 0 Å². The van der Waals surface area contributed by atoms with Crippen molar-refractivity contribution in [3.05, 3.63) is 34.3 Å². The minimum Gasteiger partial charge on any atom is -0.387 e. The predicted octanol–water partition coefficient (Wildman–Crippen LogP) is 3.08. The molecule has 1 aromatic rings. The second-order valence-electron chi connectivity index (χ2n) is 3.34. The summed E-state index contributed by atoms with van der Waals surface area (Å²) in [5, 5.41) is 10.6. The smallest absolute Gasteiger partial charge is 0.0917 e. The molecule has 1 N–H and O–H groups in total. The molecule has 0 heterocycles. The molecule has 0 bridgehead atoms. The van der Waals surface area contributed by atoms with Crippen molar-refractivity contribution in [2.75, 3.05) is 0 Å². The first-order valence-corrected chi connectivity index (χ1v) is 5.58. The highest BCUT2D eigenvalue weighted by Crippen LogP contribution is 2.35. The minimum atomic E-state index is -0.388. The van der Waals surface area contributed by atoms with Crippen LogP contribution in [0.4, 0.5) is 0 Å². The monoisotopic (exact) mass is 260 g/mol. The summed E-state index contributed by atoms with van der Waals surface area (Å²) in [5.74, 6) is 0. The molecule has 2 unspecified atom stereocenters. The number of rotatable bonds is 0. The first kappa shape index (κ1) is 9.50. The van der Waals surface area contributed by atoms with Gasteiger partial charge in [-0.15, -0.1) is 0 Å². The Hall–Kier alpha value is -0.0500. The van der Waals surface area contributed by atoms with Gasteiger partial charge in [0, 0.05) is 9.85 Å². The Morgan fingerprint density at radius 1 is 1.46 bits per heavy atom. The number of benzene rings is 1. The molecule has 0 amide bonds. The van der Waals surface area contributed by atoms with Crippen LogP contribution in [-0.2, 0) is 6.42 Å². The molecule has 0 spiro atoms. The van der Waals surface area contributed by atoms with Gasteiger partial charge in [0.25, 0.3) is 0 Å². The Morgan fingerprint density at radius 2 is 2.23 bits per heavy atom. The molecule has 3 heteroatoms. The first-order valence-electron chi connectivity index (χ1n) is 4.29. The lowest BCUT2D eigenvalue weighted by Crippen LogP contribution is -2.19. The van der Waals surface area contributed by atoms with Crippen molar-refractivity contribution in [3.63, 3.8) is 0 Å². The lowest BCUT2D eigenvalue weighted by atomic mass is 9.89. The molecule has 0 fully saturated rings. The van der Waals surface area contributed by atoms with Crippen LogP contribution in [0.25, 0.3) is 0 Å². The van der Waals surface area contributed by atoms with Gasteiger partial charge in [-0.05, 0) is 36.1 Å². The normalized spacial score (nSPS) is 27.0. The Balaban J connectivity index is 2.44. The maximum atomic E-state index is 9.83. The molecule has 0 saturated heterocycles. The number of halogens is 2. The molecule has 1 aliphatic carbocycles. The fourth-order valence-corrected chi connectivity index (χ4v) is 2.43. The maximum absolute atomic E-state index is 9.83. The van der Waals surface area contributed by atoms with Crippen LogP contribution < -0.4 is 0 Å². The highest BCUT2D eigenvalue weighted by atomic mass is 79.9. The third kappa shape index (κ3) is 1.76. The van der Waals surface area contributed by atoms with Crippen molar-refractivity contribution in [1.82, 2.24) is 0 Å². The number of hydrogen-bond donors (Lipinski definition) is 1. The van der Waals surface area contributed by atoms with E-state index in [0.29, 0.717) is 0 Å². The van der Waals surface area contributed by atoms with Crippen molar-refractivity contribution < 1.29 is 5.11 Å². The van der Waals surface area contributed by atoms with Gasteiger partial charge in [0.1, 0.15) is 0 Å². The summed E-state index contributed by atoms with van der Waals surface area (Å²) < 4.78 is 0. The Labute approximate surface area is 90.9 Å². The third-order valence-electron chi connectivity index (χ3n) is 2.46. The highest BCUT2D eigenvalue weighted by Gasteiger charge is 2.25. The number of aliphatic hydroxyl groups is 1. The van der Waals surface area contributed by atoms with Gasteiger partial charge < -0.3 is 5.11 Å². The minimum absolute atomic E-state index is 0.182. The van der Waals surface area contributed by atoms with E-state index < -0.39 is 0 Å². The van der Waals surface area contributed by atoms with Crippen LogP contribution >= 0.6 is 27.5 Å². The van der Waals surface area contributed by atoms with E-state index in [4.69, 9.17) is 11.6 Å². The zero-order valence-corrected chi connectivity index (χ0v) is 9.35. The SMILES string of the molecule is OC1c2ccc(Cl)cc2CCC1Br. The lowest BCUT2D eigenvalue weighted by molar-refractivity contribution is 0.165. The number of aliphatic hydroxyl groups excluding tert-OH is 1. The largest absolute Gasteiger partial charge is 0.387 e. The van der Waals surface area contributed by atoms with Crippen LogP contribution in [0.2, 0.25) is 5.02 Å². The fraction of sp³-hybridized carbons (Fsp3) is 0.400. The van der Waals surface area contributed by atoms with E-state index in [1.54, 1.807) is 0 Å². The van der Waals surface area contributed by atoms with Gasteiger partial charge in [-0.2, -0.15) is 0 Å². The number of alkyl halides is 1. The van der Waals surface area contributed by atoms with Gasteiger partial charge in [0.2, 0.25) is 0 Å². The van der Waals surface area contributed by atoms with Crippen molar-refractivity contribution in [3.8, 4) is 0 Å². The average Bonchev–Trinajstić information content (AvgIpc) is 2.12. The van der Waals surface area contributed by atoms with Gasteiger partial charge in [-0.25, -0.2) is 0 Å². The van der Waals surface area contributed by atoms with Crippen LogP contribution in [0.15, 0.2) is 18.2 Å². The molecule has 1 aromatic carbocycles. The second-order valence-corrected chi connectivity index (χ2v) is 4.96. The van der Waals surface area contributed by atoms with Crippen LogP contribution in [0, 0.1) is 0 Å². The van der Waals surface area contributed by atoms with Crippen molar-refractivity contribution in [1.29, 1.82) is 0 Å². The van der Waals surface area contributed by atoms with Crippen LogP contribution in [-0.4, -0.2) is 9.93 Å². The predicted molar refractivity (Wildman–Crippen MR) is 57.4 cm³/mol. The lowest BCUT2D eigenvalue weighted by Gasteiger charge is -2.26.